The minimum absolute atomic E-state index is 0.104. The number of rotatable bonds is 5. The van der Waals surface area contributed by atoms with Crippen LogP contribution >= 0.6 is 0 Å². The van der Waals surface area contributed by atoms with Crippen LogP contribution in [0.4, 0.5) is 5.69 Å². The van der Waals surface area contributed by atoms with Gasteiger partial charge in [-0.2, -0.15) is 5.10 Å². The van der Waals surface area contributed by atoms with E-state index in [2.05, 4.69) is 17.0 Å². The summed E-state index contributed by atoms with van der Waals surface area (Å²) < 4.78 is 10.9. The van der Waals surface area contributed by atoms with Crippen LogP contribution in [0.5, 0.6) is 0 Å². The van der Waals surface area contributed by atoms with Crippen molar-refractivity contribution in [3.05, 3.63) is 66.2 Å². The number of carbonyl (C=O) groups excluding carboxylic acids is 1. The second kappa shape index (κ2) is 8.54. The Balaban J connectivity index is 1.80. The number of anilines is 1. The van der Waals surface area contributed by atoms with Gasteiger partial charge in [0.1, 0.15) is 6.17 Å². The topological polar surface area (TPSA) is 54.4 Å². The molecule has 1 fully saturated rings. The van der Waals surface area contributed by atoms with Gasteiger partial charge in [-0.1, -0.05) is 48.5 Å². The lowest BCUT2D eigenvalue weighted by Crippen LogP contribution is -2.52. The van der Waals surface area contributed by atoms with E-state index in [1.54, 1.807) is 0 Å². The smallest absolute Gasteiger partial charge is 0.355 e. The summed E-state index contributed by atoms with van der Waals surface area (Å²) in [6.45, 7) is 5.09. The number of hydrogen-bond acceptors (Lipinski definition) is 6. The van der Waals surface area contributed by atoms with Gasteiger partial charge in [-0.05, 0) is 24.6 Å². The van der Waals surface area contributed by atoms with E-state index in [0.717, 1.165) is 24.3 Å². The van der Waals surface area contributed by atoms with Gasteiger partial charge < -0.3 is 9.47 Å². The van der Waals surface area contributed by atoms with Crippen LogP contribution in [0.3, 0.4) is 0 Å². The Kier molecular flexibility index (Phi) is 5.69. The van der Waals surface area contributed by atoms with E-state index in [4.69, 9.17) is 14.6 Å². The summed E-state index contributed by atoms with van der Waals surface area (Å²) in [7, 11) is 0. The van der Waals surface area contributed by atoms with Crippen molar-refractivity contribution >= 4 is 17.4 Å². The highest BCUT2D eigenvalue weighted by atomic mass is 16.5. The molecule has 0 unspecified atom stereocenters. The Morgan fingerprint density at radius 1 is 1.07 bits per heavy atom. The molecular weight excluding hydrogens is 354 g/mol. The molecule has 28 heavy (non-hydrogen) atoms. The van der Waals surface area contributed by atoms with E-state index in [9.17, 15) is 4.79 Å². The van der Waals surface area contributed by atoms with Crippen LogP contribution < -0.4 is 5.01 Å². The van der Waals surface area contributed by atoms with Crippen molar-refractivity contribution in [3.8, 4) is 0 Å². The zero-order chi connectivity index (χ0) is 19.3. The molecule has 6 nitrogen and oxygen atoms in total. The van der Waals surface area contributed by atoms with Crippen molar-refractivity contribution in [1.82, 2.24) is 4.90 Å². The molecule has 0 amide bonds. The highest BCUT2D eigenvalue weighted by Crippen LogP contribution is 2.37. The van der Waals surface area contributed by atoms with E-state index in [1.807, 2.05) is 60.5 Å². The highest BCUT2D eigenvalue weighted by Gasteiger charge is 2.46. The second-order valence-corrected chi connectivity index (χ2v) is 6.84. The molecule has 0 aliphatic carbocycles. The summed E-state index contributed by atoms with van der Waals surface area (Å²) in [5.74, 6) is -0.549. The van der Waals surface area contributed by atoms with Crippen molar-refractivity contribution < 1.29 is 14.3 Å². The molecule has 0 spiro atoms. The van der Waals surface area contributed by atoms with E-state index in [1.165, 1.54) is 0 Å². The maximum Gasteiger partial charge on any atom is 0.355 e. The van der Waals surface area contributed by atoms with Gasteiger partial charge in [0.15, 0.2) is 5.71 Å². The Morgan fingerprint density at radius 2 is 1.71 bits per heavy atom. The second-order valence-electron chi connectivity index (χ2n) is 6.84. The Bertz CT molecular complexity index is 819. The first-order chi connectivity index (χ1) is 13.8. The van der Waals surface area contributed by atoms with Crippen LogP contribution in [0.15, 0.2) is 65.8 Å². The van der Waals surface area contributed by atoms with Crippen LogP contribution in [-0.4, -0.2) is 55.7 Å². The molecule has 146 valence electrons. The number of esters is 1. The van der Waals surface area contributed by atoms with Crippen molar-refractivity contribution in [2.45, 2.75) is 19.0 Å². The van der Waals surface area contributed by atoms with Gasteiger partial charge in [-0.3, -0.25) is 4.90 Å². The number of hydrogen-bond donors (Lipinski definition) is 0. The first-order valence-corrected chi connectivity index (χ1v) is 9.76. The molecule has 2 aliphatic rings. The number of para-hydroxylation sites is 1. The summed E-state index contributed by atoms with van der Waals surface area (Å²) in [6, 6.07) is 20.1. The maximum atomic E-state index is 12.8. The fraction of sp³-hybridized carbons (Fsp3) is 0.364. The lowest BCUT2D eigenvalue weighted by Gasteiger charge is -2.39. The summed E-state index contributed by atoms with van der Waals surface area (Å²) in [6.07, 6.45) is -0.104. The summed E-state index contributed by atoms with van der Waals surface area (Å²) in [5.41, 5.74) is 2.47. The molecule has 0 aromatic heterocycles. The zero-order valence-electron chi connectivity index (χ0n) is 16.0. The molecule has 1 saturated heterocycles. The summed E-state index contributed by atoms with van der Waals surface area (Å²) in [4.78, 5) is 15.2. The normalized spacial score (nSPS) is 22.8. The predicted octanol–water partition coefficient (Wildman–Crippen LogP) is 2.87. The average Bonchev–Trinajstić information content (AvgIpc) is 3.16. The van der Waals surface area contributed by atoms with Crippen LogP contribution in [-0.2, 0) is 14.3 Å². The number of morpholine rings is 1. The minimum atomic E-state index is -0.354. The van der Waals surface area contributed by atoms with E-state index in [-0.39, 0.29) is 18.1 Å². The van der Waals surface area contributed by atoms with Crippen molar-refractivity contribution in [2.24, 2.45) is 5.10 Å². The molecule has 0 N–H and O–H groups in total. The van der Waals surface area contributed by atoms with Crippen LogP contribution in [0.1, 0.15) is 18.4 Å². The van der Waals surface area contributed by atoms with Gasteiger partial charge in [0.05, 0.1) is 31.4 Å². The molecule has 0 radical (unpaired) electrons. The molecule has 4 rings (SSSR count). The first-order valence-electron chi connectivity index (χ1n) is 9.76. The summed E-state index contributed by atoms with van der Waals surface area (Å²) in [5, 5.41) is 6.75. The zero-order valence-corrected chi connectivity index (χ0v) is 16.0. The number of nitrogens with zero attached hydrogens (tertiary/aromatic N) is 3. The van der Waals surface area contributed by atoms with E-state index < -0.39 is 0 Å². The van der Waals surface area contributed by atoms with Gasteiger partial charge in [0.2, 0.25) is 0 Å². The number of hydrazone groups is 1. The molecular formula is C22H25N3O3. The molecule has 0 saturated carbocycles. The largest absolute Gasteiger partial charge is 0.461 e. The molecule has 2 atom stereocenters. The van der Waals surface area contributed by atoms with Gasteiger partial charge in [0.25, 0.3) is 0 Å². The SMILES string of the molecule is CCOC(=O)C1=NN(c2ccccc2)[C@H](N2CCOCC2)[C@H]1c1ccccc1. The van der Waals surface area contributed by atoms with Crippen LogP contribution in [0.25, 0.3) is 0 Å². The standard InChI is InChI=1S/C22H25N3O3/c1-2-28-22(26)20-19(17-9-5-3-6-10-17)21(24-13-15-27-16-14-24)25(23-20)18-11-7-4-8-12-18/h3-12,19,21H,2,13-16H2,1H3/t19-,21-/m0/s1. The molecule has 6 heteroatoms. The third-order valence-corrected chi connectivity index (χ3v) is 5.14. The number of ether oxygens (including phenoxy) is 2. The number of benzene rings is 2. The van der Waals surface area contributed by atoms with Gasteiger partial charge in [-0.25, -0.2) is 9.80 Å². The minimum Gasteiger partial charge on any atom is -0.461 e. The lowest BCUT2D eigenvalue weighted by atomic mass is 9.90. The van der Waals surface area contributed by atoms with Crippen LogP contribution in [0.2, 0.25) is 0 Å². The molecule has 2 heterocycles. The van der Waals surface area contributed by atoms with Crippen molar-refractivity contribution in [2.75, 3.05) is 37.9 Å². The first kappa shape index (κ1) is 18.7. The highest BCUT2D eigenvalue weighted by molar-refractivity contribution is 6.39. The summed E-state index contributed by atoms with van der Waals surface area (Å²) >= 11 is 0. The van der Waals surface area contributed by atoms with Gasteiger partial charge >= 0.3 is 5.97 Å². The predicted molar refractivity (Wildman–Crippen MR) is 108 cm³/mol. The Hall–Kier alpha value is -2.70. The van der Waals surface area contributed by atoms with E-state index >= 15 is 0 Å². The Labute approximate surface area is 165 Å². The Morgan fingerprint density at radius 3 is 2.36 bits per heavy atom. The number of carbonyl (C=O) groups is 1. The monoisotopic (exact) mass is 379 g/mol. The van der Waals surface area contributed by atoms with Crippen molar-refractivity contribution in [3.63, 3.8) is 0 Å². The fourth-order valence-electron chi connectivity index (χ4n) is 3.88. The molecule has 2 aromatic rings. The van der Waals surface area contributed by atoms with Gasteiger partial charge in [0, 0.05) is 13.1 Å². The van der Waals surface area contributed by atoms with Gasteiger partial charge in [-0.15, -0.1) is 0 Å². The molecule has 2 aliphatic heterocycles. The maximum absolute atomic E-state index is 12.8. The fourth-order valence-corrected chi connectivity index (χ4v) is 3.88. The van der Waals surface area contributed by atoms with Crippen molar-refractivity contribution in [1.29, 1.82) is 0 Å². The lowest BCUT2D eigenvalue weighted by molar-refractivity contribution is -0.135. The van der Waals surface area contributed by atoms with Crippen LogP contribution in [0, 0.1) is 0 Å². The van der Waals surface area contributed by atoms with E-state index in [0.29, 0.717) is 25.5 Å². The third-order valence-electron chi connectivity index (χ3n) is 5.14. The molecule has 0 bridgehead atoms. The third kappa shape index (κ3) is 3.66. The molecule has 2 aromatic carbocycles. The quantitative estimate of drug-likeness (QED) is 0.748. The average molecular weight is 379 g/mol.